The first-order chi connectivity index (χ1) is 17.9. The van der Waals surface area contributed by atoms with Gasteiger partial charge in [0.05, 0.1) is 30.7 Å². The van der Waals surface area contributed by atoms with Crippen LogP contribution in [0.1, 0.15) is 39.2 Å². The second-order valence-corrected chi connectivity index (χ2v) is 10.2. The van der Waals surface area contributed by atoms with Gasteiger partial charge in [-0.1, -0.05) is 30.3 Å². The third-order valence-electron chi connectivity index (χ3n) is 5.55. The topological polar surface area (TPSA) is 134 Å². The molecule has 38 heavy (non-hydrogen) atoms. The number of hydrogen-bond donors (Lipinski definition) is 4. The molecule has 0 radical (unpaired) electrons. The first-order valence-corrected chi connectivity index (χ1v) is 13.3. The maximum absolute atomic E-state index is 12.6. The van der Waals surface area contributed by atoms with Crippen LogP contribution in [0.2, 0.25) is 0 Å². The molecule has 1 unspecified atom stereocenters. The van der Waals surface area contributed by atoms with Crippen LogP contribution >= 0.6 is 0 Å². The van der Waals surface area contributed by atoms with Gasteiger partial charge in [-0.3, -0.25) is 4.72 Å². The number of alkyl halides is 2. The Bertz CT molecular complexity index is 1350. The number of anilines is 1. The molecule has 0 aliphatic heterocycles. The van der Waals surface area contributed by atoms with Gasteiger partial charge in [0.15, 0.2) is 0 Å². The highest BCUT2D eigenvalue weighted by Gasteiger charge is 2.18. The number of carbonyl (C=O) groups excluding carboxylic acids is 1. The molecule has 3 aromatic rings. The number of nitrogens with one attached hydrogen (secondary N) is 2. The van der Waals surface area contributed by atoms with E-state index in [-0.39, 0.29) is 23.7 Å². The predicted molar refractivity (Wildman–Crippen MR) is 137 cm³/mol. The zero-order valence-electron chi connectivity index (χ0n) is 20.6. The molecule has 0 saturated carbocycles. The highest BCUT2D eigenvalue weighted by Crippen LogP contribution is 2.29. The predicted octanol–water partition coefficient (Wildman–Crippen LogP) is 3.76. The average molecular weight is 551 g/mol. The van der Waals surface area contributed by atoms with Crippen molar-refractivity contribution in [2.75, 3.05) is 24.6 Å². The van der Waals surface area contributed by atoms with Crippen molar-refractivity contribution in [3.63, 3.8) is 0 Å². The lowest BCUT2D eigenvalue weighted by molar-refractivity contribution is -0.0498. The van der Waals surface area contributed by atoms with Gasteiger partial charge < -0.3 is 25.0 Å². The van der Waals surface area contributed by atoms with Gasteiger partial charge in [0.2, 0.25) is 10.0 Å². The molecule has 0 fully saturated rings. The zero-order chi connectivity index (χ0) is 27.9. The lowest BCUT2D eigenvalue weighted by atomic mass is 9.97. The van der Waals surface area contributed by atoms with Crippen molar-refractivity contribution < 1.29 is 41.7 Å². The number of rotatable bonds is 12. The molecule has 0 aliphatic carbocycles. The van der Waals surface area contributed by atoms with E-state index in [4.69, 9.17) is 4.74 Å². The Morgan fingerprint density at radius 3 is 2.34 bits per heavy atom. The third-order valence-corrected chi connectivity index (χ3v) is 6.14. The maximum Gasteiger partial charge on any atom is 0.387 e. The van der Waals surface area contributed by atoms with Crippen LogP contribution in [-0.2, 0) is 21.2 Å². The van der Waals surface area contributed by atoms with Crippen molar-refractivity contribution >= 4 is 21.7 Å². The largest absolute Gasteiger partial charge is 0.506 e. The van der Waals surface area contributed by atoms with Crippen molar-refractivity contribution in [1.29, 1.82) is 0 Å². The molecule has 0 aliphatic rings. The third kappa shape index (κ3) is 8.40. The normalized spacial score (nSPS) is 13.1. The Morgan fingerprint density at radius 1 is 1.03 bits per heavy atom. The molecule has 9 nitrogen and oxygen atoms in total. The molecular formula is C26H28F2N2O7S. The van der Waals surface area contributed by atoms with E-state index in [1.165, 1.54) is 37.4 Å². The molecule has 0 amide bonds. The van der Waals surface area contributed by atoms with Gasteiger partial charge in [0.25, 0.3) is 0 Å². The first-order valence-electron chi connectivity index (χ1n) is 11.4. The van der Waals surface area contributed by atoms with E-state index in [0.29, 0.717) is 23.1 Å². The number of sulfonamides is 1. The Balaban J connectivity index is 1.83. The van der Waals surface area contributed by atoms with E-state index in [9.17, 15) is 32.2 Å². The van der Waals surface area contributed by atoms with Crippen molar-refractivity contribution in [2.24, 2.45) is 0 Å². The van der Waals surface area contributed by atoms with Crippen LogP contribution in [0, 0.1) is 0 Å². The number of ether oxygens (including phenoxy) is 2. The minimum atomic E-state index is -3.66. The average Bonchev–Trinajstić information content (AvgIpc) is 2.86. The second-order valence-electron chi connectivity index (χ2n) is 8.47. The molecule has 0 spiro atoms. The van der Waals surface area contributed by atoms with Gasteiger partial charge in [-0.25, -0.2) is 13.2 Å². The molecular weight excluding hydrogens is 522 g/mol. The van der Waals surface area contributed by atoms with Crippen LogP contribution < -0.4 is 14.8 Å². The summed E-state index contributed by atoms with van der Waals surface area (Å²) >= 11 is 0. The summed E-state index contributed by atoms with van der Waals surface area (Å²) in [6.45, 7) is -2.95. The number of carbonyl (C=O) groups is 1. The molecule has 0 aromatic heterocycles. The first kappa shape index (κ1) is 28.8. The van der Waals surface area contributed by atoms with Gasteiger partial charge in [0.1, 0.15) is 11.5 Å². The van der Waals surface area contributed by atoms with Crippen LogP contribution in [0.3, 0.4) is 0 Å². The summed E-state index contributed by atoms with van der Waals surface area (Å²) in [5.41, 5.74) is 2.10. The Hall–Kier alpha value is -3.74. The van der Waals surface area contributed by atoms with Gasteiger partial charge in [-0.15, -0.1) is 0 Å². The van der Waals surface area contributed by atoms with Crippen LogP contribution in [0.5, 0.6) is 11.5 Å². The van der Waals surface area contributed by atoms with Gasteiger partial charge in [-0.2, -0.15) is 8.78 Å². The number of phenolic OH excluding ortho intramolecular Hbond substituents is 1. The summed E-state index contributed by atoms with van der Waals surface area (Å²) in [4.78, 5) is 12.0. The second kappa shape index (κ2) is 12.7. The summed E-state index contributed by atoms with van der Waals surface area (Å²) in [6, 6.07) is 16.5. The highest BCUT2D eigenvalue weighted by molar-refractivity contribution is 7.92. The molecule has 2 atom stereocenters. The Morgan fingerprint density at radius 2 is 1.71 bits per heavy atom. The van der Waals surface area contributed by atoms with E-state index in [1.54, 1.807) is 30.3 Å². The fourth-order valence-electron chi connectivity index (χ4n) is 3.78. The lowest BCUT2D eigenvalue weighted by Crippen LogP contribution is -2.28. The minimum Gasteiger partial charge on any atom is -0.506 e. The molecule has 12 heteroatoms. The number of phenols is 1. The summed E-state index contributed by atoms with van der Waals surface area (Å²) < 4.78 is 59.7. The van der Waals surface area contributed by atoms with Crippen molar-refractivity contribution in [1.82, 2.24) is 5.32 Å². The van der Waals surface area contributed by atoms with Crippen molar-refractivity contribution in [3.8, 4) is 11.5 Å². The maximum atomic E-state index is 12.6. The van der Waals surface area contributed by atoms with Crippen LogP contribution in [-0.4, -0.2) is 51.1 Å². The highest BCUT2D eigenvalue weighted by atomic mass is 32.2. The minimum absolute atomic E-state index is 0.00905. The molecule has 3 rings (SSSR count). The zero-order valence-corrected chi connectivity index (χ0v) is 21.4. The van der Waals surface area contributed by atoms with E-state index < -0.39 is 34.7 Å². The summed E-state index contributed by atoms with van der Waals surface area (Å²) in [5.74, 6) is -0.801. The smallest absolute Gasteiger partial charge is 0.387 e. The van der Waals surface area contributed by atoms with E-state index in [2.05, 4.69) is 14.8 Å². The number of benzene rings is 3. The molecule has 4 N–H and O–H groups in total. The summed E-state index contributed by atoms with van der Waals surface area (Å²) in [6.07, 6.45) is 0.207. The fourth-order valence-corrected chi connectivity index (χ4v) is 4.35. The number of aliphatic hydroxyl groups excluding tert-OH is 1. The summed E-state index contributed by atoms with van der Waals surface area (Å²) in [7, 11) is -2.38. The van der Waals surface area contributed by atoms with Crippen molar-refractivity contribution in [3.05, 3.63) is 89.0 Å². The molecule has 3 aromatic carbocycles. The number of hydrogen-bond acceptors (Lipinski definition) is 8. The standard InChI is InChI=1S/C26H28F2N2O7S/c1-36-25(33)19-5-3-4-16(12-19)13-21(17-6-9-20(10-7-17)37-26(27)28)29-15-24(32)18-8-11-23(31)22(14-18)30-38(2,34)35/h3-12,14,21,24,26,29-32H,13,15H2,1-2H3/t21?,24-/m0/s1. The van der Waals surface area contributed by atoms with Crippen LogP contribution in [0.25, 0.3) is 0 Å². The fraction of sp³-hybridized carbons (Fsp3) is 0.269. The number of aromatic hydroxyl groups is 1. The van der Waals surface area contributed by atoms with Crippen LogP contribution in [0.4, 0.5) is 14.5 Å². The molecule has 0 bridgehead atoms. The van der Waals surface area contributed by atoms with Gasteiger partial charge in [-0.05, 0) is 59.5 Å². The van der Waals surface area contributed by atoms with Gasteiger partial charge in [0, 0.05) is 12.6 Å². The molecule has 0 saturated heterocycles. The number of esters is 1. The number of aliphatic hydroxyl groups is 1. The Kier molecular flexibility index (Phi) is 9.61. The number of methoxy groups -OCH3 is 1. The SMILES string of the molecule is COC(=O)c1cccc(CC(NC[C@H](O)c2ccc(O)c(NS(C)(=O)=O)c2)c2ccc(OC(F)F)cc2)c1. The quantitative estimate of drug-likeness (QED) is 0.198. The van der Waals surface area contributed by atoms with E-state index in [1.807, 2.05) is 6.07 Å². The van der Waals surface area contributed by atoms with E-state index in [0.717, 1.165) is 11.8 Å². The molecule has 204 valence electrons. The number of halogens is 2. The van der Waals surface area contributed by atoms with Gasteiger partial charge >= 0.3 is 12.6 Å². The molecule has 0 heterocycles. The Labute approximate surface area is 219 Å². The van der Waals surface area contributed by atoms with E-state index >= 15 is 0 Å². The lowest BCUT2D eigenvalue weighted by Gasteiger charge is -2.23. The monoisotopic (exact) mass is 550 g/mol. The van der Waals surface area contributed by atoms with Crippen molar-refractivity contribution in [2.45, 2.75) is 25.2 Å². The summed E-state index contributed by atoms with van der Waals surface area (Å²) in [5, 5.41) is 24.0. The van der Waals surface area contributed by atoms with Crippen LogP contribution in [0.15, 0.2) is 66.7 Å².